The molecule has 2 atom stereocenters. The van der Waals surface area contributed by atoms with E-state index in [1.807, 2.05) is 0 Å². The Labute approximate surface area is 110 Å². The minimum atomic E-state index is 0.279. The lowest BCUT2D eigenvalue weighted by Gasteiger charge is -2.36. The van der Waals surface area contributed by atoms with Crippen LogP contribution in [0, 0.1) is 0 Å². The summed E-state index contributed by atoms with van der Waals surface area (Å²) in [4.78, 5) is 2.40. The molecular weight excluding hydrogens is 222 g/mol. The van der Waals surface area contributed by atoms with Gasteiger partial charge in [0, 0.05) is 32.2 Å². The molecule has 0 amide bonds. The summed E-state index contributed by atoms with van der Waals surface area (Å²) in [6.45, 7) is 5.94. The van der Waals surface area contributed by atoms with Gasteiger partial charge >= 0.3 is 0 Å². The molecule has 100 valence electrons. The van der Waals surface area contributed by atoms with Gasteiger partial charge in [0.1, 0.15) is 0 Å². The number of piperidine rings is 1. The molecule has 1 fully saturated rings. The molecule has 1 saturated heterocycles. The van der Waals surface area contributed by atoms with Crippen molar-refractivity contribution in [3.8, 4) is 0 Å². The monoisotopic (exact) mass is 247 g/mol. The van der Waals surface area contributed by atoms with Crippen molar-refractivity contribution in [2.24, 2.45) is 11.5 Å². The van der Waals surface area contributed by atoms with Gasteiger partial charge in [0.2, 0.25) is 0 Å². The zero-order valence-corrected chi connectivity index (χ0v) is 11.3. The normalized spacial score (nSPS) is 25.3. The van der Waals surface area contributed by atoms with Crippen LogP contribution >= 0.6 is 0 Å². The van der Waals surface area contributed by atoms with Gasteiger partial charge < -0.3 is 11.5 Å². The fourth-order valence-electron chi connectivity index (χ4n) is 2.86. The third-order valence-electron chi connectivity index (χ3n) is 3.86. The summed E-state index contributed by atoms with van der Waals surface area (Å²) in [7, 11) is 0. The molecule has 0 bridgehead atoms. The van der Waals surface area contributed by atoms with E-state index in [4.69, 9.17) is 11.5 Å². The van der Waals surface area contributed by atoms with Crippen molar-refractivity contribution in [2.75, 3.05) is 26.2 Å². The highest BCUT2D eigenvalue weighted by molar-refractivity contribution is 5.26. The topological polar surface area (TPSA) is 55.3 Å². The van der Waals surface area contributed by atoms with E-state index in [1.54, 1.807) is 0 Å². The van der Waals surface area contributed by atoms with Gasteiger partial charge in [-0.05, 0) is 29.9 Å². The van der Waals surface area contributed by atoms with Crippen LogP contribution in [-0.2, 0) is 6.42 Å². The Balaban J connectivity index is 2.06. The summed E-state index contributed by atoms with van der Waals surface area (Å²) >= 11 is 0. The second kappa shape index (κ2) is 6.32. The number of hydrogen-bond acceptors (Lipinski definition) is 3. The molecule has 2 unspecified atom stereocenters. The Kier molecular flexibility index (Phi) is 4.75. The molecule has 1 aliphatic heterocycles. The molecule has 1 aliphatic rings. The summed E-state index contributed by atoms with van der Waals surface area (Å²) in [6.07, 6.45) is 2.19. The third kappa shape index (κ3) is 3.31. The van der Waals surface area contributed by atoms with Crippen molar-refractivity contribution in [2.45, 2.75) is 31.7 Å². The fourth-order valence-corrected chi connectivity index (χ4v) is 2.86. The number of aryl methyl sites for hydroxylation is 1. The minimum Gasteiger partial charge on any atom is -0.329 e. The van der Waals surface area contributed by atoms with Crippen LogP contribution in [0.2, 0.25) is 0 Å². The van der Waals surface area contributed by atoms with Crippen LogP contribution in [0.1, 0.15) is 30.4 Å². The molecule has 0 aliphatic carbocycles. The summed E-state index contributed by atoms with van der Waals surface area (Å²) in [5.74, 6) is 0.561. The van der Waals surface area contributed by atoms with Crippen molar-refractivity contribution in [1.82, 2.24) is 4.90 Å². The van der Waals surface area contributed by atoms with Gasteiger partial charge in [0.25, 0.3) is 0 Å². The predicted octanol–water partition coefficient (Wildman–Crippen LogP) is 1.32. The second-order valence-electron chi connectivity index (χ2n) is 5.34. The average Bonchev–Trinajstić information content (AvgIpc) is 2.38. The quantitative estimate of drug-likeness (QED) is 0.844. The first kappa shape index (κ1) is 13.5. The first-order valence-electron chi connectivity index (χ1n) is 6.99. The van der Waals surface area contributed by atoms with E-state index in [0.717, 1.165) is 32.5 Å². The molecule has 3 nitrogen and oxygen atoms in total. The van der Waals surface area contributed by atoms with Crippen LogP contribution in [0.25, 0.3) is 0 Å². The zero-order valence-electron chi connectivity index (χ0n) is 11.3. The van der Waals surface area contributed by atoms with Crippen molar-refractivity contribution in [1.29, 1.82) is 0 Å². The van der Waals surface area contributed by atoms with E-state index < -0.39 is 0 Å². The predicted molar refractivity (Wildman–Crippen MR) is 76.6 cm³/mol. The summed E-state index contributed by atoms with van der Waals surface area (Å²) in [5, 5.41) is 0. The summed E-state index contributed by atoms with van der Waals surface area (Å²) in [6, 6.07) is 9.29. The number of nitrogens with zero attached hydrogens (tertiary/aromatic N) is 1. The molecule has 0 spiro atoms. The number of rotatable bonds is 4. The van der Waals surface area contributed by atoms with Gasteiger partial charge in [-0.3, -0.25) is 4.90 Å². The maximum Gasteiger partial charge on any atom is 0.0174 e. The highest BCUT2D eigenvalue weighted by Gasteiger charge is 2.25. The van der Waals surface area contributed by atoms with Gasteiger partial charge in [0.05, 0.1) is 0 Å². The number of benzene rings is 1. The maximum absolute atomic E-state index is 6.16. The molecule has 18 heavy (non-hydrogen) atoms. The van der Waals surface area contributed by atoms with Crippen molar-refractivity contribution in [3.63, 3.8) is 0 Å². The third-order valence-corrected chi connectivity index (χ3v) is 3.86. The lowest BCUT2D eigenvalue weighted by Crippen LogP contribution is -2.47. The number of nitrogens with two attached hydrogens (primary N) is 2. The van der Waals surface area contributed by atoms with E-state index in [2.05, 4.69) is 36.1 Å². The first-order chi connectivity index (χ1) is 8.72. The zero-order chi connectivity index (χ0) is 13.0. The van der Waals surface area contributed by atoms with Gasteiger partial charge in [0.15, 0.2) is 0 Å². The number of hydrogen-bond donors (Lipinski definition) is 2. The van der Waals surface area contributed by atoms with Crippen LogP contribution in [-0.4, -0.2) is 37.1 Å². The number of likely N-dealkylation sites (tertiary alicyclic amines) is 1. The molecule has 0 aromatic heterocycles. The van der Waals surface area contributed by atoms with Gasteiger partial charge in [-0.25, -0.2) is 0 Å². The van der Waals surface area contributed by atoms with Crippen molar-refractivity contribution >= 4 is 0 Å². The Morgan fingerprint density at radius 3 is 2.56 bits per heavy atom. The molecule has 0 radical (unpaired) electrons. The van der Waals surface area contributed by atoms with Crippen LogP contribution < -0.4 is 11.5 Å². The van der Waals surface area contributed by atoms with Crippen LogP contribution in [0.3, 0.4) is 0 Å². The van der Waals surface area contributed by atoms with E-state index in [1.165, 1.54) is 11.1 Å². The molecule has 1 aromatic rings. The largest absolute Gasteiger partial charge is 0.329 e. The molecule has 2 rings (SSSR count). The Bertz CT molecular complexity index is 361. The van der Waals surface area contributed by atoms with Crippen LogP contribution in [0.4, 0.5) is 0 Å². The van der Waals surface area contributed by atoms with Gasteiger partial charge in [-0.15, -0.1) is 0 Å². The second-order valence-corrected chi connectivity index (χ2v) is 5.34. The Hall–Kier alpha value is -0.900. The Morgan fingerprint density at radius 1 is 1.22 bits per heavy atom. The van der Waals surface area contributed by atoms with E-state index >= 15 is 0 Å². The van der Waals surface area contributed by atoms with Crippen LogP contribution in [0.5, 0.6) is 0 Å². The van der Waals surface area contributed by atoms with E-state index in [-0.39, 0.29) is 6.04 Å². The SMILES string of the molecule is CCc1ccc(C2CC(N)CN(CCN)C2)cc1. The summed E-state index contributed by atoms with van der Waals surface area (Å²) < 4.78 is 0. The lowest BCUT2D eigenvalue weighted by atomic mass is 9.88. The highest BCUT2D eigenvalue weighted by Crippen LogP contribution is 2.26. The molecule has 0 saturated carbocycles. The highest BCUT2D eigenvalue weighted by atomic mass is 15.2. The van der Waals surface area contributed by atoms with Crippen molar-refractivity contribution < 1.29 is 0 Å². The molecule has 1 heterocycles. The minimum absolute atomic E-state index is 0.279. The maximum atomic E-state index is 6.16. The molecule has 1 aromatic carbocycles. The first-order valence-corrected chi connectivity index (χ1v) is 6.99. The van der Waals surface area contributed by atoms with E-state index in [0.29, 0.717) is 12.5 Å². The molecule has 4 N–H and O–H groups in total. The van der Waals surface area contributed by atoms with Gasteiger partial charge in [-0.1, -0.05) is 31.2 Å². The molecule has 3 heteroatoms. The van der Waals surface area contributed by atoms with Gasteiger partial charge in [-0.2, -0.15) is 0 Å². The molecular formula is C15H25N3. The Morgan fingerprint density at radius 2 is 1.94 bits per heavy atom. The van der Waals surface area contributed by atoms with Crippen LogP contribution in [0.15, 0.2) is 24.3 Å². The standard InChI is InChI=1S/C15H25N3/c1-2-12-3-5-13(6-4-12)14-9-15(17)11-18(10-14)8-7-16/h3-6,14-15H,2,7-11,16-17H2,1H3. The van der Waals surface area contributed by atoms with E-state index in [9.17, 15) is 0 Å². The average molecular weight is 247 g/mol. The fraction of sp³-hybridized carbons (Fsp3) is 0.600. The smallest absolute Gasteiger partial charge is 0.0174 e. The van der Waals surface area contributed by atoms with Crippen molar-refractivity contribution in [3.05, 3.63) is 35.4 Å². The lowest BCUT2D eigenvalue weighted by molar-refractivity contribution is 0.193. The summed E-state index contributed by atoms with van der Waals surface area (Å²) in [5.41, 5.74) is 14.6.